The molecule has 1 rings (SSSR count). The first kappa shape index (κ1) is 18.0. The Morgan fingerprint density at radius 1 is 1.05 bits per heavy atom. The molecular weight excluding hydrogens is 282 g/mol. The Kier molecular flexibility index (Phi) is 7.39. The number of aliphatic hydroxyl groups excluding tert-OH is 1. The molecule has 0 atom stereocenters. The van der Waals surface area contributed by atoms with E-state index in [4.69, 9.17) is 5.11 Å². The van der Waals surface area contributed by atoms with Gasteiger partial charge in [-0.05, 0) is 45.0 Å². The highest BCUT2D eigenvalue weighted by Gasteiger charge is 2.20. The number of aliphatic hydroxyl groups is 1. The number of amides is 2. The van der Waals surface area contributed by atoms with Crippen LogP contribution in [0.4, 0.5) is 11.4 Å². The van der Waals surface area contributed by atoms with E-state index in [0.717, 1.165) is 18.8 Å². The number of hydrogen-bond acceptors (Lipinski definition) is 4. The van der Waals surface area contributed by atoms with Crippen molar-refractivity contribution in [1.29, 1.82) is 0 Å². The fourth-order valence-electron chi connectivity index (χ4n) is 2.20. The molecule has 2 amide bonds. The number of hydrogen-bond donors (Lipinski definition) is 2. The number of anilines is 2. The number of carbonyl (C=O) groups excluding carboxylic acids is 2. The predicted octanol–water partition coefficient (Wildman–Crippen LogP) is 1.31. The number of nitrogens with one attached hydrogen (secondary N) is 1. The Hall–Kier alpha value is -2.08. The van der Waals surface area contributed by atoms with Crippen LogP contribution in [0, 0.1) is 0 Å². The minimum atomic E-state index is -0.689. The summed E-state index contributed by atoms with van der Waals surface area (Å²) < 4.78 is 0. The van der Waals surface area contributed by atoms with Crippen LogP contribution >= 0.6 is 0 Å². The van der Waals surface area contributed by atoms with E-state index in [1.807, 2.05) is 12.1 Å². The average molecular weight is 307 g/mol. The molecule has 0 fully saturated rings. The maximum absolute atomic E-state index is 11.9. The molecular formula is C16H25N3O3. The number of carbonyl (C=O) groups is 2. The van der Waals surface area contributed by atoms with E-state index in [0.29, 0.717) is 12.2 Å². The third kappa shape index (κ3) is 4.73. The standard InChI is InChI=1S/C16H25N3O3/c1-4-18(5-2)14-9-7-13(8-10-14)17-15(21)16(22)19(6-3)11-12-20/h7-10,20H,4-6,11-12H2,1-3H3,(H,17,21). The van der Waals surface area contributed by atoms with Crippen LogP contribution in [0.3, 0.4) is 0 Å². The van der Waals surface area contributed by atoms with Gasteiger partial charge in [-0.15, -0.1) is 0 Å². The number of benzene rings is 1. The van der Waals surface area contributed by atoms with Gasteiger partial charge in [0.1, 0.15) is 0 Å². The Bertz CT molecular complexity index is 484. The Balaban J connectivity index is 2.70. The molecule has 0 aliphatic heterocycles. The summed E-state index contributed by atoms with van der Waals surface area (Å²) in [6.45, 7) is 8.12. The molecule has 2 N–H and O–H groups in total. The first-order valence-corrected chi connectivity index (χ1v) is 7.63. The molecule has 122 valence electrons. The zero-order valence-electron chi connectivity index (χ0n) is 13.5. The summed E-state index contributed by atoms with van der Waals surface area (Å²) >= 11 is 0. The van der Waals surface area contributed by atoms with Crippen LogP contribution in [0.25, 0.3) is 0 Å². The molecule has 0 aromatic heterocycles. The molecule has 0 bridgehead atoms. The Morgan fingerprint density at radius 3 is 2.09 bits per heavy atom. The predicted molar refractivity (Wildman–Crippen MR) is 88.0 cm³/mol. The zero-order valence-corrected chi connectivity index (χ0v) is 13.5. The normalized spacial score (nSPS) is 10.2. The van der Waals surface area contributed by atoms with Crippen molar-refractivity contribution in [2.24, 2.45) is 0 Å². The van der Waals surface area contributed by atoms with Crippen LogP contribution in [0.2, 0.25) is 0 Å². The van der Waals surface area contributed by atoms with E-state index in [9.17, 15) is 9.59 Å². The van der Waals surface area contributed by atoms with Crippen molar-refractivity contribution in [1.82, 2.24) is 4.90 Å². The summed E-state index contributed by atoms with van der Waals surface area (Å²) in [5.41, 5.74) is 1.65. The van der Waals surface area contributed by atoms with Gasteiger partial charge in [0.15, 0.2) is 0 Å². The van der Waals surface area contributed by atoms with Crippen molar-refractivity contribution in [3.63, 3.8) is 0 Å². The van der Waals surface area contributed by atoms with Gasteiger partial charge in [-0.3, -0.25) is 9.59 Å². The third-order valence-corrected chi connectivity index (χ3v) is 3.49. The highest BCUT2D eigenvalue weighted by Crippen LogP contribution is 2.17. The van der Waals surface area contributed by atoms with Crippen molar-refractivity contribution in [3.05, 3.63) is 24.3 Å². The first-order valence-electron chi connectivity index (χ1n) is 7.63. The highest BCUT2D eigenvalue weighted by molar-refractivity contribution is 6.39. The quantitative estimate of drug-likeness (QED) is 0.745. The van der Waals surface area contributed by atoms with Gasteiger partial charge in [0, 0.05) is 37.6 Å². The maximum atomic E-state index is 11.9. The Labute approximate surface area is 131 Å². The molecule has 22 heavy (non-hydrogen) atoms. The van der Waals surface area contributed by atoms with Gasteiger partial charge in [0.2, 0.25) is 0 Å². The molecule has 1 aromatic carbocycles. The molecule has 1 aromatic rings. The lowest BCUT2D eigenvalue weighted by atomic mass is 10.2. The molecule has 0 saturated carbocycles. The molecule has 0 unspecified atom stereocenters. The third-order valence-electron chi connectivity index (χ3n) is 3.49. The van der Waals surface area contributed by atoms with Crippen LogP contribution in [0.15, 0.2) is 24.3 Å². The lowest BCUT2D eigenvalue weighted by Gasteiger charge is -2.21. The van der Waals surface area contributed by atoms with Crippen LogP contribution in [-0.4, -0.2) is 54.6 Å². The molecule has 0 saturated heterocycles. The second-order valence-electron chi connectivity index (χ2n) is 4.78. The lowest BCUT2D eigenvalue weighted by Crippen LogP contribution is -2.41. The van der Waals surface area contributed by atoms with Gasteiger partial charge in [-0.25, -0.2) is 0 Å². The van der Waals surface area contributed by atoms with Gasteiger partial charge in [0.05, 0.1) is 6.61 Å². The van der Waals surface area contributed by atoms with Gasteiger partial charge < -0.3 is 20.2 Å². The van der Waals surface area contributed by atoms with Crippen molar-refractivity contribution in [3.8, 4) is 0 Å². The van der Waals surface area contributed by atoms with Crippen LogP contribution in [0.5, 0.6) is 0 Å². The van der Waals surface area contributed by atoms with E-state index in [1.165, 1.54) is 4.90 Å². The topological polar surface area (TPSA) is 72.9 Å². The Morgan fingerprint density at radius 2 is 1.64 bits per heavy atom. The lowest BCUT2D eigenvalue weighted by molar-refractivity contribution is -0.143. The number of nitrogens with zero attached hydrogens (tertiary/aromatic N) is 2. The largest absolute Gasteiger partial charge is 0.395 e. The first-order chi connectivity index (χ1) is 10.6. The number of rotatable bonds is 7. The van der Waals surface area contributed by atoms with E-state index in [1.54, 1.807) is 19.1 Å². The van der Waals surface area contributed by atoms with Crippen molar-refractivity contribution < 1.29 is 14.7 Å². The van der Waals surface area contributed by atoms with E-state index >= 15 is 0 Å². The van der Waals surface area contributed by atoms with Crippen molar-refractivity contribution in [2.45, 2.75) is 20.8 Å². The van der Waals surface area contributed by atoms with Crippen molar-refractivity contribution >= 4 is 23.2 Å². The molecule has 6 nitrogen and oxygen atoms in total. The van der Waals surface area contributed by atoms with Gasteiger partial charge in [0.25, 0.3) is 0 Å². The maximum Gasteiger partial charge on any atom is 0.313 e. The minimum Gasteiger partial charge on any atom is -0.395 e. The summed E-state index contributed by atoms with van der Waals surface area (Å²) in [5, 5.41) is 11.5. The van der Waals surface area contributed by atoms with E-state index < -0.39 is 11.8 Å². The van der Waals surface area contributed by atoms with E-state index in [-0.39, 0.29) is 13.2 Å². The van der Waals surface area contributed by atoms with Gasteiger partial charge in [-0.1, -0.05) is 0 Å². The monoisotopic (exact) mass is 307 g/mol. The summed E-state index contributed by atoms with van der Waals surface area (Å²) in [6, 6.07) is 7.39. The summed E-state index contributed by atoms with van der Waals surface area (Å²) in [7, 11) is 0. The smallest absolute Gasteiger partial charge is 0.313 e. The minimum absolute atomic E-state index is 0.156. The highest BCUT2D eigenvalue weighted by atomic mass is 16.3. The summed E-state index contributed by atoms with van der Waals surface area (Å²) in [6.07, 6.45) is 0. The van der Waals surface area contributed by atoms with Crippen molar-refractivity contribution in [2.75, 3.05) is 43.0 Å². The fraction of sp³-hybridized carbons (Fsp3) is 0.500. The van der Waals surface area contributed by atoms with Gasteiger partial charge in [-0.2, -0.15) is 0 Å². The molecule has 0 spiro atoms. The average Bonchev–Trinajstić information content (AvgIpc) is 2.54. The molecule has 0 aliphatic rings. The molecule has 0 radical (unpaired) electrons. The van der Waals surface area contributed by atoms with Gasteiger partial charge >= 0.3 is 11.8 Å². The SMILES string of the molecule is CCN(CCO)C(=O)C(=O)Nc1ccc(N(CC)CC)cc1. The van der Waals surface area contributed by atoms with Crippen LogP contribution in [-0.2, 0) is 9.59 Å². The van der Waals surface area contributed by atoms with Crippen LogP contribution in [0.1, 0.15) is 20.8 Å². The number of likely N-dealkylation sites (N-methyl/N-ethyl adjacent to an activating group) is 1. The molecule has 0 heterocycles. The molecule has 0 aliphatic carbocycles. The second-order valence-corrected chi connectivity index (χ2v) is 4.78. The van der Waals surface area contributed by atoms with Crippen LogP contribution < -0.4 is 10.2 Å². The summed E-state index contributed by atoms with van der Waals surface area (Å²) in [4.78, 5) is 27.4. The fourth-order valence-corrected chi connectivity index (χ4v) is 2.20. The second kappa shape index (κ2) is 9.04. The zero-order chi connectivity index (χ0) is 16.5. The summed E-state index contributed by atoms with van der Waals surface area (Å²) in [5.74, 6) is -1.32. The molecule has 6 heteroatoms. The van der Waals surface area contributed by atoms with E-state index in [2.05, 4.69) is 24.1 Å².